The van der Waals surface area contributed by atoms with Crippen LogP contribution >= 0.6 is 0 Å². The van der Waals surface area contributed by atoms with E-state index in [0.717, 1.165) is 60.6 Å². The minimum absolute atomic E-state index is 0.705. The molecule has 4 heteroatoms. The topological polar surface area (TPSA) is 31.6 Å². The highest BCUT2D eigenvalue weighted by Crippen LogP contribution is 2.46. The number of aromatic nitrogens is 1. The number of fused-ring (bicyclic) bond motifs is 5. The van der Waals surface area contributed by atoms with Crippen molar-refractivity contribution < 1.29 is 18.8 Å². The SMILES string of the molecule is COc1cc2c(ccc3c4ccc(C)c(OC)c4c[n+](C)c23)c(-c2ccc(-c3ccccc3)cc2)c1OC. The molecule has 1 aromatic heterocycles. The normalized spacial score (nSPS) is 11.3. The monoisotopic (exact) mass is 500 g/mol. The fourth-order valence-corrected chi connectivity index (χ4v) is 5.71. The average molecular weight is 501 g/mol. The van der Waals surface area contributed by atoms with Crippen molar-refractivity contribution in [1.29, 1.82) is 0 Å². The van der Waals surface area contributed by atoms with E-state index in [1.54, 1.807) is 21.3 Å². The molecule has 0 N–H and O–H groups in total. The fraction of sp³-hybridized carbons (Fsp3) is 0.147. The lowest BCUT2D eigenvalue weighted by Crippen LogP contribution is -2.28. The molecule has 188 valence electrons. The molecule has 4 nitrogen and oxygen atoms in total. The number of methoxy groups -OCH3 is 3. The van der Waals surface area contributed by atoms with Crippen molar-refractivity contribution in [3.05, 3.63) is 96.7 Å². The van der Waals surface area contributed by atoms with Crippen LogP contribution in [0.4, 0.5) is 0 Å². The zero-order valence-electron chi connectivity index (χ0n) is 22.3. The Morgan fingerprint density at radius 2 is 1.18 bits per heavy atom. The lowest BCUT2D eigenvalue weighted by molar-refractivity contribution is -0.642. The third-order valence-corrected chi connectivity index (χ3v) is 7.48. The summed E-state index contributed by atoms with van der Waals surface area (Å²) < 4.78 is 19.8. The predicted molar refractivity (Wildman–Crippen MR) is 155 cm³/mol. The van der Waals surface area contributed by atoms with Gasteiger partial charge in [-0.1, -0.05) is 72.8 Å². The van der Waals surface area contributed by atoms with Gasteiger partial charge in [-0.3, -0.25) is 0 Å². The Bertz CT molecular complexity index is 1820. The molecular weight excluding hydrogens is 470 g/mol. The van der Waals surface area contributed by atoms with E-state index in [1.807, 2.05) is 6.07 Å². The molecule has 0 aliphatic carbocycles. The summed E-state index contributed by atoms with van der Waals surface area (Å²) in [7, 11) is 7.22. The molecule has 38 heavy (non-hydrogen) atoms. The van der Waals surface area contributed by atoms with Gasteiger partial charge in [-0.05, 0) is 41.3 Å². The second kappa shape index (κ2) is 9.38. The fourth-order valence-electron chi connectivity index (χ4n) is 5.71. The molecular formula is C34H30NO3+. The molecule has 1 heterocycles. The molecule has 0 fully saturated rings. The summed E-state index contributed by atoms with van der Waals surface area (Å²) in [4.78, 5) is 0. The summed E-state index contributed by atoms with van der Waals surface area (Å²) in [5.74, 6) is 2.34. The van der Waals surface area contributed by atoms with Gasteiger partial charge >= 0.3 is 0 Å². The van der Waals surface area contributed by atoms with Crippen molar-refractivity contribution >= 4 is 32.4 Å². The smallest absolute Gasteiger partial charge is 0.220 e. The van der Waals surface area contributed by atoms with Gasteiger partial charge in [0.15, 0.2) is 17.7 Å². The van der Waals surface area contributed by atoms with Crippen LogP contribution in [0.5, 0.6) is 17.2 Å². The number of hydrogen-bond acceptors (Lipinski definition) is 3. The van der Waals surface area contributed by atoms with Gasteiger partial charge in [0.1, 0.15) is 12.8 Å². The van der Waals surface area contributed by atoms with Crippen molar-refractivity contribution in [2.24, 2.45) is 7.05 Å². The second-order valence-corrected chi connectivity index (χ2v) is 9.60. The van der Waals surface area contributed by atoms with Gasteiger partial charge in [-0.15, -0.1) is 0 Å². The summed E-state index contributed by atoms with van der Waals surface area (Å²) in [6.07, 6.45) is 2.16. The largest absolute Gasteiger partial charge is 0.496 e. The van der Waals surface area contributed by atoms with Crippen LogP contribution in [0, 0.1) is 6.92 Å². The maximum Gasteiger partial charge on any atom is 0.220 e. The van der Waals surface area contributed by atoms with Crippen molar-refractivity contribution in [2.75, 3.05) is 21.3 Å². The molecule has 0 amide bonds. The van der Waals surface area contributed by atoms with E-state index in [9.17, 15) is 0 Å². The zero-order valence-corrected chi connectivity index (χ0v) is 22.3. The van der Waals surface area contributed by atoms with E-state index in [1.165, 1.54) is 11.1 Å². The minimum Gasteiger partial charge on any atom is -0.496 e. The maximum absolute atomic E-state index is 5.95. The summed E-state index contributed by atoms with van der Waals surface area (Å²) in [6, 6.07) is 29.9. The van der Waals surface area contributed by atoms with Gasteiger partial charge < -0.3 is 14.2 Å². The molecule has 0 aliphatic heterocycles. The number of nitrogens with zero attached hydrogens (tertiary/aromatic N) is 1. The third-order valence-electron chi connectivity index (χ3n) is 7.48. The molecule has 6 aromatic rings. The maximum atomic E-state index is 5.95. The summed E-state index contributed by atoms with van der Waals surface area (Å²) >= 11 is 0. The van der Waals surface area contributed by atoms with E-state index < -0.39 is 0 Å². The van der Waals surface area contributed by atoms with Crippen molar-refractivity contribution in [1.82, 2.24) is 0 Å². The summed E-state index contributed by atoms with van der Waals surface area (Å²) in [5.41, 5.74) is 6.71. The third kappa shape index (κ3) is 3.64. The van der Waals surface area contributed by atoms with Crippen LogP contribution in [0.2, 0.25) is 0 Å². The molecule has 0 bridgehead atoms. The molecule has 6 rings (SSSR count). The van der Waals surface area contributed by atoms with Crippen LogP contribution in [0.15, 0.2) is 91.1 Å². The molecule has 0 aliphatic rings. The highest BCUT2D eigenvalue weighted by Gasteiger charge is 2.23. The Labute approximate surface area is 222 Å². The molecule has 0 unspecified atom stereocenters. The number of hydrogen-bond donors (Lipinski definition) is 0. The van der Waals surface area contributed by atoms with Gasteiger partial charge in [-0.25, -0.2) is 0 Å². The number of rotatable bonds is 5. The minimum atomic E-state index is 0.705. The Morgan fingerprint density at radius 1 is 0.553 bits per heavy atom. The van der Waals surface area contributed by atoms with Gasteiger partial charge in [0.25, 0.3) is 0 Å². The second-order valence-electron chi connectivity index (χ2n) is 9.60. The number of pyridine rings is 1. The van der Waals surface area contributed by atoms with Gasteiger partial charge in [0.05, 0.1) is 37.5 Å². The highest BCUT2D eigenvalue weighted by atomic mass is 16.5. The number of benzene rings is 5. The van der Waals surface area contributed by atoms with Crippen LogP contribution in [-0.2, 0) is 7.05 Å². The van der Waals surface area contributed by atoms with Crippen LogP contribution in [-0.4, -0.2) is 21.3 Å². The van der Waals surface area contributed by atoms with Gasteiger partial charge in [0.2, 0.25) is 5.52 Å². The first-order valence-electron chi connectivity index (χ1n) is 12.7. The van der Waals surface area contributed by atoms with E-state index in [2.05, 4.69) is 104 Å². The van der Waals surface area contributed by atoms with Crippen LogP contribution < -0.4 is 18.8 Å². The quantitative estimate of drug-likeness (QED) is 0.180. The first-order chi connectivity index (χ1) is 18.5. The molecule has 0 spiro atoms. The van der Waals surface area contributed by atoms with Gasteiger partial charge in [-0.2, -0.15) is 4.57 Å². The highest BCUT2D eigenvalue weighted by molar-refractivity contribution is 6.18. The van der Waals surface area contributed by atoms with Crippen LogP contribution in [0.25, 0.3) is 54.7 Å². The Kier molecular flexibility index (Phi) is 5.88. The predicted octanol–water partition coefficient (Wildman–Crippen LogP) is 7.64. The summed E-state index contributed by atoms with van der Waals surface area (Å²) in [5, 5.41) is 5.63. The zero-order chi connectivity index (χ0) is 26.4. The average Bonchev–Trinajstić information content (AvgIpc) is 2.96. The Hall–Kier alpha value is -4.57. The van der Waals surface area contributed by atoms with Crippen molar-refractivity contribution in [3.8, 4) is 39.5 Å². The van der Waals surface area contributed by atoms with E-state index >= 15 is 0 Å². The Morgan fingerprint density at radius 3 is 1.87 bits per heavy atom. The van der Waals surface area contributed by atoms with Crippen LogP contribution in [0.3, 0.4) is 0 Å². The molecule has 0 radical (unpaired) electrons. The first-order valence-corrected chi connectivity index (χ1v) is 12.7. The van der Waals surface area contributed by atoms with Crippen molar-refractivity contribution in [3.63, 3.8) is 0 Å². The van der Waals surface area contributed by atoms with E-state index in [0.29, 0.717) is 5.75 Å². The molecule has 0 atom stereocenters. The standard InChI is InChI=1S/C34H30NO3/c1-21-11-16-25-27-18-17-26-28(32(27)35(2)20-29(25)33(21)37-4)19-30(36-3)34(38-5)31(26)24-14-12-23(13-15-24)22-9-7-6-8-10-22/h6-20H,1-5H3/q+1. The van der Waals surface area contributed by atoms with Crippen molar-refractivity contribution in [2.45, 2.75) is 6.92 Å². The van der Waals surface area contributed by atoms with Gasteiger partial charge in [0, 0.05) is 16.3 Å². The number of aryl methyl sites for hydroxylation is 2. The number of ether oxygens (including phenoxy) is 3. The lowest BCUT2D eigenvalue weighted by atomic mass is 9.92. The molecule has 0 saturated carbocycles. The van der Waals surface area contributed by atoms with E-state index in [4.69, 9.17) is 14.2 Å². The molecule has 5 aromatic carbocycles. The Balaban J connectivity index is 1.67. The molecule has 0 saturated heterocycles. The summed E-state index contributed by atoms with van der Waals surface area (Å²) in [6.45, 7) is 2.08. The van der Waals surface area contributed by atoms with E-state index in [-0.39, 0.29) is 0 Å². The van der Waals surface area contributed by atoms with Crippen LogP contribution in [0.1, 0.15) is 5.56 Å². The first kappa shape index (κ1) is 23.8. The lowest BCUT2D eigenvalue weighted by Gasteiger charge is -2.17.